The monoisotopic (exact) mass is 237 g/mol. The summed E-state index contributed by atoms with van der Waals surface area (Å²) >= 11 is 5.91. The highest BCUT2D eigenvalue weighted by atomic mass is 35.5. The molecule has 4 nitrogen and oxygen atoms in total. The van der Waals surface area contributed by atoms with Crippen LogP contribution in [0, 0.1) is 18.3 Å². The lowest BCUT2D eigenvalue weighted by atomic mass is 10.1. The number of amides is 1. The smallest absolute Gasteiger partial charge is 0.255 e. The lowest BCUT2D eigenvalue weighted by molar-refractivity contribution is 0.0929. The summed E-state index contributed by atoms with van der Waals surface area (Å²) in [6, 6.07) is 3.58. The van der Waals surface area contributed by atoms with E-state index in [9.17, 15) is 4.79 Å². The van der Waals surface area contributed by atoms with Crippen LogP contribution >= 0.6 is 11.6 Å². The van der Waals surface area contributed by atoms with Crippen molar-refractivity contribution >= 4 is 17.5 Å². The number of rotatable bonds is 2. The lowest BCUT2D eigenvalue weighted by Gasteiger charge is -2.17. The minimum Gasteiger partial charge on any atom is -0.334 e. The molecule has 0 aromatic carbocycles. The number of nitriles is 1. The van der Waals surface area contributed by atoms with E-state index in [1.165, 1.54) is 6.20 Å². The van der Waals surface area contributed by atoms with Crippen LogP contribution in [0.3, 0.4) is 0 Å². The molecule has 0 aliphatic rings. The largest absolute Gasteiger partial charge is 0.334 e. The first-order valence-corrected chi connectivity index (χ1v) is 5.09. The summed E-state index contributed by atoms with van der Waals surface area (Å²) in [6.07, 6.45) is 1.40. The maximum Gasteiger partial charge on any atom is 0.255 e. The van der Waals surface area contributed by atoms with E-state index in [4.69, 9.17) is 16.9 Å². The van der Waals surface area contributed by atoms with Crippen molar-refractivity contribution in [3.63, 3.8) is 0 Å². The number of hydrogen-bond donors (Lipinski definition) is 1. The summed E-state index contributed by atoms with van der Waals surface area (Å²) in [6.45, 7) is 5.01. The van der Waals surface area contributed by atoms with Crippen LogP contribution in [0.2, 0.25) is 5.02 Å². The van der Waals surface area contributed by atoms with Crippen molar-refractivity contribution in [1.29, 1.82) is 5.26 Å². The number of halogens is 1. The predicted octanol–water partition coefficient (Wildman–Crippen LogP) is 2.08. The van der Waals surface area contributed by atoms with Gasteiger partial charge in [0.15, 0.2) is 0 Å². The number of pyridine rings is 1. The first kappa shape index (κ1) is 12.5. The molecule has 1 amide bonds. The first-order chi connectivity index (χ1) is 7.35. The zero-order valence-corrected chi connectivity index (χ0v) is 10.1. The number of carbonyl (C=O) groups is 1. The van der Waals surface area contributed by atoms with Gasteiger partial charge in [0.05, 0.1) is 16.7 Å². The van der Waals surface area contributed by atoms with Gasteiger partial charge in [0, 0.05) is 11.9 Å². The standard InChI is InChI=1S/C11H12ClN3O/c1-7-4-9(12)8(5-14-7)10(16)15-11(2,3)6-13/h4-5H,1-3H3,(H,15,16). The molecular weight excluding hydrogens is 226 g/mol. The third-order valence-electron chi connectivity index (χ3n) is 1.94. The maximum absolute atomic E-state index is 11.8. The summed E-state index contributed by atoms with van der Waals surface area (Å²) in [5.74, 6) is -0.399. The normalized spacial score (nSPS) is 10.7. The molecule has 1 rings (SSSR count). The third kappa shape index (κ3) is 2.94. The minimum atomic E-state index is -0.925. The molecule has 0 fully saturated rings. The van der Waals surface area contributed by atoms with E-state index in [0.717, 1.165) is 5.69 Å². The van der Waals surface area contributed by atoms with Gasteiger partial charge in [-0.15, -0.1) is 0 Å². The molecule has 0 spiro atoms. The Hall–Kier alpha value is -1.60. The van der Waals surface area contributed by atoms with Crippen molar-refractivity contribution in [2.75, 3.05) is 0 Å². The van der Waals surface area contributed by atoms with E-state index in [0.29, 0.717) is 5.02 Å². The second-order valence-electron chi connectivity index (χ2n) is 4.00. The Morgan fingerprint density at radius 1 is 1.62 bits per heavy atom. The van der Waals surface area contributed by atoms with Crippen LogP contribution in [-0.2, 0) is 0 Å². The summed E-state index contributed by atoms with van der Waals surface area (Å²) < 4.78 is 0. The van der Waals surface area contributed by atoms with E-state index in [-0.39, 0.29) is 5.56 Å². The van der Waals surface area contributed by atoms with Crippen molar-refractivity contribution < 1.29 is 4.79 Å². The Kier molecular flexibility index (Phi) is 3.51. The van der Waals surface area contributed by atoms with Gasteiger partial charge in [-0.25, -0.2) is 0 Å². The van der Waals surface area contributed by atoms with Gasteiger partial charge in [-0.1, -0.05) is 11.6 Å². The molecule has 0 bridgehead atoms. The SMILES string of the molecule is Cc1cc(Cl)c(C(=O)NC(C)(C)C#N)cn1. The molecule has 16 heavy (non-hydrogen) atoms. The van der Waals surface area contributed by atoms with Crippen LogP contribution in [0.1, 0.15) is 29.9 Å². The fraction of sp³-hybridized carbons (Fsp3) is 0.364. The number of nitrogens with one attached hydrogen (secondary N) is 1. The quantitative estimate of drug-likeness (QED) is 0.856. The second kappa shape index (κ2) is 4.50. The number of hydrogen-bond acceptors (Lipinski definition) is 3. The second-order valence-corrected chi connectivity index (χ2v) is 4.40. The number of aromatic nitrogens is 1. The minimum absolute atomic E-state index is 0.274. The summed E-state index contributed by atoms with van der Waals surface area (Å²) in [4.78, 5) is 15.8. The highest BCUT2D eigenvalue weighted by Gasteiger charge is 2.21. The van der Waals surface area contributed by atoms with Crippen LogP contribution < -0.4 is 5.32 Å². The van der Waals surface area contributed by atoms with Gasteiger partial charge in [-0.2, -0.15) is 5.26 Å². The van der Waals surface area contributed by atoms with Crippen LogP contribution in [-0.4, -0.2) is 16.4 Å². The molecule has 1 N–H and O–H groups in total. The molecule has 0 radical (unpaired) electrons. The van der Waals surface area contributed by atoms with Gasteiger partial charge in [0.1, 0.15) is 5.54 Å². The average molecular weight is 238 g/mol. The van der Waals surface area contributed by atoms with Gasteiger partial charge in [0.25, 0.3) is 5.91 Å². The predicted molar refractivity (Wildman–Crippen MR) is 61.1 cm³/mol. The van der Waals surface area contributed by atoms with E-state index >= 15 is 0 Å². The fourth-order valence-corrected chi connectivity index (χ4v) is 1.37. The van der Waals surface area contributed by atoms with Crippen LogP contribution in [0.25, 0.3) is 0 Å². The maximum atomic E-state index is 11.8. The van der Waals surface area contributed by atoms with Crippen LogP contribution in [0.5, 0.6) is 0 Å². The molecule has 0 saturated carbocycles. The van der Waals surface area contributed by atoms with Crippen molar-refractivity contribution in [2.45, 2.75) is 26.3 Å². The first-order valence-electron chi connectivity index (χ1n) is 4.71. The van der Waals surface area contributed by atoms with Crippen LogP contribution in [0.4, 0.5) is 0 Å². The van der Waals surface area contributed by atoms with Gasteiger partial charge in [-0.3, -0.25) is 9.78 Å². The molecule has 0 aliphatic heterocycles. The lowest BCUT2D eigenvalue weighted by Crippen LogP contribution is -2.42. The van der Waals surface area contributed by atoms with Gasteiger partial charge >= 0.3 is 0 Å². The Labute approximate surface area is 99.2 Å². The summed E-state index contributed by atoms with van der Waals surface area (Å²) in [5, 5.41) is 11.7. The zero-order chi connectivity index (χ0) is 12.3. The Balaban J connectivity index is 2.95. The molecule has 0 aliphatic carbocycles. The van der Waals surface area contributed by atoms with Gasteiger partial charge < -0.3 is 5.32 Å². The van der Waals surface area contributed by atoms with Crippen molar-refractivity contribution in [1.82, 2.24) is 10.3 Å². The van der Waals surface area contributed by atoms with Crippen molar-refractivity contribution in [2.24, 2.45) is 0 Å². The fourth-order valence-electron chi connectivity index (χ4n) is 1.07. The van der Waals surface area contributed by atoms with E-state index in [1.54, 1.807) is 26.8 Å². The van der Waals surface area contributed by atoms with Crippen molar-refractivity contribution in [3.05, 3.63) is 28.5 Å². The third-order valence-corrected chi connectivity index (χ3v) is 2.25. The molecule has 5 heteroatoms. The van der Waals surface area contributed by atoms with Crippen molar-refractivity contribution in [3.8, 4) is 6.07 Å². The molecule has 1 heterocycles. The van der Waals surface area contributed by atoms with Gasteiger partial charge in [-0.05, 0) is 26.8 Å². The molecule has 1 aromatic heterocycles. The molecule has 84 valence electrons. The summed E-state index contributed by atoms with van der Waals surface area (Å²) in [5.41, 5.74) is 0.0855. The highest BCUT2D eigenvalue weighted by Crippen LogP contribution is 2.16. The van der Waals surface area contributed by atoms with Gasteiger partial charge in [0.2, 0.25) is 0 Å². The van der Waals surface area contributed by atoms with Crippen LogP contribution in [0.15, 0.2) is 12.3 Å². The topological polar surface area (TPSA) is 65.8 Å². The highest BCUT2D eigenvalue weighted by molar-refractivity contribution is 6.33. The molecular formula is C11H12ClN3O. The number of carbonyl (C=O) groups excluding carboxylic acids is 1. The van der Waals surface area contributed by atoms with E-state index in [2.05, 4.69) is 10.3 Å². The Bertz CT molecular complexity index is 463. The zero-order valence-electron chi connectivity index (χ0n) is 9.34. The Morgan fingerprint density at radius 3 is 2.75 bits per heavy atom. The summed E-state index contributed by atoms with van der Waals surface area (Å²) in [7, 11) is 0. The number of nitrogens with zero attached hydrogens (tertiary/aromatic N) is 2. The van der Waals surface area contributed by atoms with E-state index < -0.39 is 11.4 Å². The molecule has 0 unspecified atom stereocenters. The molecule has 0 atom stereocenters. The molecule has 1 aromatic rings. The number of aryl methyl sites for hydroxylation is 1. The Morgan fingerprint density at radius 2 is 2.25 bits per heavy atom. The van der Waals surface area contributed by atoms with E-state index in [1.807, 2.05) is 6.07 Å². The molecule has 0 saturated heterocycles. The average Bonchev–Trinajstić information content (AvgIpc) is 2.16.